The fourth-order valence-electron chi connectivity index (χ4n) is 1.43. The Hall–Kier alpha value is -1.74. The number of halogens is 2. The van der Waals surface area contributed by atoms with Gasteiger partial charge in [-0.3, -0.25) is 0 Å². The summed E-state index contributed by atoms with van der Waals surface area (Å²) in [5, 5.41) is 0.0641. The van der Waals surface area contributed by atoms with Gasteiger partial charge in [-0.25, -0.2) is 4.39 Å². The Morgan fingerprint density at radius 3 is 2.59 bits per heavy atom. The second-order valence-electron chi connectivity index (χ2n) is 3.72. The van der Waals surface area contributed by atoms with Gasteiger partial charge in [0.15, 0.2) is 0 Å². The van der Waals surface area contributed by atoms with E-state index >= 15 is 0 Å². The Balaban J connectivity index is 2.28. The highest BCUT2D eigenvalue weighted by molar-refractivity contribution is 6.30. The number of benzene rings is 2. The molecule has 0 spiro atoms. The molecule has 0 unspecified atom stereocenters. The molecule has 0 heterocycles. The molecule has 2 rings (SSSR count). The van der Waals surface area contributed by atoms with E-state index in [-0.39, 0.29) is 5.02 Å². The highest BCUT2D eigenvalue weighted by atomic mass is 35.5. The zero-order chi connectivity index (χ0) is 12.4. The van der Waals surface area contributed by atoms with Gasteiger partial charge in [0, 0.05) is 6.07 Å². The predicted molar refractivity (Wildman–Crippen MR) is 67.1 cm³/mol. The average molecular weight is 252 g/mol. The van der Waals surface area contributed by atoms with Crippen LogP contribution in [0.15, 0.2) is 36.4 Å². The van der Waals surface area contributed by atoms with Crippen molar-refractivity contribution in [2.45, 2.75) is 6.92 Å². The first-order chi connectivity index (χ1) is 8.06. The van der Waals surface area contributed by atoms with Crippen molar-refractivity contribution in [1.29, 1.82) is 0 Å². The van der Waals surface area contributed by atoms with Gasteiger partial charge in [0.25, 0.3) is 0 Å². The molecule has 17 heavy (non-hydrogen) atoms. The van der Waals surface area contributed by atoms with Gasteiger partial charge in [0.1, 0.15) is 17.3 Å². The SMILES string of the molecule is Cc1ccc(Oc2ccc(Cl)c(F)c2)c(N)c1. The van der Waals surface area contributed by atoms with E-state index in [0.29, 0.717) is 17.2 Å². The maximum Gasteiger partial charge on any atom is 0.150 e. The van der Waals surface area contributed by atoms with Crippen molar-refractivity contribution in [3.8, 4) is 11.5 Å². The molecule has 2 N–H and O–H groups in total. The maximum atomic E-state index is 13.2. The minimum Gasteiger partial charge on any atom is -0.455 e. The van der Waals surface area contributed by atoms with Crippen LogP contribution in [-0.2, 0) is 0 Å². The van der Waals surface area contributed by atoms with Crippen molar-refractivity contribution in [2.24, 2.45) is 0 Å². The molecule has 0 bridgehead atoms. The van der Waals surface area contributed by atoms with Crippen LogP contribution in [0.25, 0.3) is 0 Å². The molecule has 0 amide bonds. The lowest BCUT2D eigenvalue weighted by atomic mass is 10.2. The van der Waals surface area contributed by atoms with Crippen molar-refractivity contribution in [3.05, 3.63) is 52.8 Å². The van der Waals surface area contributed by atoms with Gasteiger partial charge in [-0.05, 0) is 36.8 Å². The van der Waals surface area contributed by atoms with Gasteiger partial charge < -0.3 is 10.5 Å². The predicted octanol–water partition coefficient (Wildman–Crippen LogP) is 4.16. The standard InChI is InChI=1S/C13H11ClFNO/c1-8-2-5-13(12(16)6-8)17-9-3-4-10(14)11(15)7-9/h2-7H,16H2,1H3. The summed E-state index contributed by atoms with van der Waals surface area (Å²) in [4.78, 5) is 0. The van der Waals surface area contributed by atoms with Crippen LogP contribution in [0.2, 0.25) is 5.02 Å². The second kappa shape index (κ2) is 4.63. The Morgan fingerprint density at radius 2 is 1.94 bits per heavy atom. The number of aryl methyl sites for hydroxylation is 1. The van der Waals surface area contributed by atoms with Crippen molar-refractivity contribution in [2.75, 3.05) is 5.73 Å². The van der Waals surface area contributed by atoms with Crippen LogP contribution in [0, 0.1) is 12.7 Å². The van der Waals surface area contributed by atoms with Crippen molar-refractivity contribution >= 4 is 17.3 Å². The molecule has 0 aliphatic rings. The molecule has 88 valence electrons. The molecule has 0 radical (unpaired) electrons. The van der Waals surface area contributed by atoms with Gasteiger partial charge in [-0.1, -0.05) is 17.7 Å². The van der Waals surface area contributed by atoms with Crippen molar-refractivity contribution in [3.63, 3.8) is 0 Å². The van der Waals surface area contributed by atoms with E-state index in [1.807, 2.05) is 13.0 Å². The monoisotopic (exact) mass is 251 g/mol. The molecule has 2 nitrogen and oxygen atoms in total. The lowest BCUT2D eigenvalue weighted by Crippen LogP contribution is -1.93. The molecule has 0 fully saturated rings. The first-order valence-electron chi connectivity index (χ1n) is 5.05. The third-order valence-electron chi connectivity index (χ3n) is 2.28. The fraction of sp³-hybridized carbons (Fsp3) is 0.0769. The Labute approximate surface area is 104 Å². The van der Waals surface area contributed by atoms with E-state index in [1.165, 1.54) is 12.1 Å². The van der Waals surface area contributed by atoms with Gasteiger partial charge in [-0.2, -0.15) is 0 Å². The number of ether oxygens (including phenoxy) is 1. The quantitative estimate of drug-likeness (QED) is 0.814. The molecule has 0 aliphatic heterocycles. The Kier molecular flexibility index (Phi) is 3.20. The van der Waals surface area contributed by atoms with E-state index in [0.717, 1.165) is 5.56 Å². The van der Waals surface area contributed by atoms with E-state index < -0.39 is 5.82 Å². The van der Waals surface area contributed by atoms with Crippen LogP contribution in [0.3, 0.4) is 0 Å². The summed E-state index contributed by atoms with van der Waals surface area (Å²) in [6.45, 7) is 1.93. The third kappa shape index (κ3) is 2.68. The molecule has 0 saturated carbocycles. The minimum absolute atomic E-state index is 0.0641. The van der Waals surface area contributed by atoms with Crippen molar-refractivity contribution in [1.82, 2.24) is 0 Å². The van der Waals surface area contributed by atoms with Crippen LogP contribution in [0.5, 0.6) is 11.5 Å². The molecule has 0 atom stereocenters. The van der Waals surface area contributed by atoms with Crippen molar-refractivity contribution < 1.29 is 9.13 Å². The second-order valence-corrected chi connectivity index (χ2v) is 4.13. The number of rotatable bonds is 2. The molecular weight excluding hydrogens is 241 g/mol. The highest BCUT2D eigenvalue weighted by Gasteiger charge is 2.05. The lowest BCUT2D eigenvalue weighted by molar-refractivity contribution is 0.479. The summed E-state index contributed by atoms with van der Waals surface area (Å²) >= 11 is 5.58. The smallest absolute Gasteiger partial charge is 0.150 e. The van der Waals surface area contributed by atoms with Crippen LogP contribution < -0.4 is 10.5 Å². The maximum absolute atomic E-state index is 13.2. The molecule has 2 aromatic carbocycles. The zero-order valence-electron chi connectivity index (χ0n) is 9.21. The van der Waals surface area contributed by atoms with Crippen LogP contribution in [-0.4, -0.2) is 0 Å². The summed E-state index contributed by atoms with van der Waals surface area (Å²) in [7, 11) is 0. The van der Waals surface area contributed by atoms with Gasteiger partial charge in [0.05, 0.1) is 10.7 Å². The molecular formula is C13H11ClFNO. The fourth-order valence-corrected chi connectivity index (χ4v) is 1.55. The topological polar surface area (TPSA) is 35.2 Å². The van der Waals surface area contributed by atoms with E-state index in [9.17, 15) is 4.39 Å². The number of nitrogen functional groups attached to an aromatic ring is 1. The molecule has 0 saturated heterocycles. The van der Waals surface area contributed by atoms with Gasteiger partial charge >= 0.3 is 0 Å². The van der Waals surface area contributed by atoms with E-state index in [4.69, 9.17) is 22.1 Å². The average Bonchev–Trinajstić information content (AvgIpc) is 2.27. The third-order valence-corrected chi connectivity index (χ3v) is 2.59. The summed E-state index contributed by atoms with van der Waals surface area (Å²) in [6.07, 6.45) is 0. The van der Waals surface area contributed by atoms with Gasteiger partial charge in [-0.15, -0.1) is 0 Å². The summed E-state index contributed by atoms with van der Waals surface area (Å²) < 4.78 is 18.7. The summed E-state index contributed by atoms with van der Waals surface area (Å²) in [5.41, 5.74) is 7.35. The number of anilines is 1. The van der Waals surface area contributed by atoms with Crippen LogP contribution >= 0.6 is 11.6 Å². The van der Waals surface area contributed by atoms with E-state index in [2.05, 4.69) is 0 Å². The first-order valence-corrected chi connectivity index (χ1v) is 5.43. The normalized spacial score (nSPS) is 10.3. The van der Waals surface area contributed by atoms with Crippen LogP contribution in [0.1, 0.15) is 5.56 Å². The Morgan fingerprint density at radius 1 is 1.18 bits per heavy atom. The zero-order valence-corrected chi connectivity index (χ0v) is 9.96. The molecule has 0 aliphatic carbocycles. The highest BCUT2D eigenvalue weighted by Crippen LogP contribution is 2.29. The lowest BCUT2D eigenvalue weighted by Gasteiger charge is -2.09. The number of hydrogen-bond donors (Lipinski definition) is 1. The molecule has 2 aromatic rings. The molecule has 4 heteroatoms. The Bertz CT molecular complexity index is 557. The van der Waals surface area contributed by atoms with Gasteiger partial charge in [0.2, 0.25) is 0 Å². The molecule has 0 aromatic heterocycles. The van der Waals surface area contributed by atoms with Crippen LogP contribution in [0.4, 0.5) is 10.1 Å². The number of nitrogens with two attached hydrogens (primary N) is 1. The number of hydrogen-bond acceptors (Lipinski definition) is 2. The van der Waals surface area contributed by atoms with E-state index in [1.54, 1.807) is 18.2 Å². The minimum atomic E-state index is -0.519. The summed E-state index contributed by atoms with van der Waals surface area (Å²) in [6, 6.07) is 9.67. The largest absolute Gasteiger partial charge is 0.455 e. The summed E-state index contributed by atoms with van der Waals surface area (Å²) in [5.74, 6) is 0.342. The first kappa shape index (κ1) is 11.7.